The van der Waals surface area contributed by atoms with Crippen molar-refractivity contribution in [2.24, 2.45) is 5.73 Å². The molecule has 0 aliphatic heterocycles. The first-order valence-electron chi connectivity index (χ1n) is 5.24. The summed E-state index contributed by atoms with van der Waals surface area (Å²) in [5.74, 6) is 1.74. The van der Waals surface area contributed by atoms with E-state index in [2.05, 4.69) is 6.58 Å². The van der Waals surface area contributed by atoms with Gasteiger partial charge >= 0.3 is 0 Å². The normalized spacial score (nSPS) is 10.5. The molecule has 1 rings (SSSR count). The van der Waals surface area contributed by atoms with Gasteiger partial charge in [-0.05, 0) is 25.8 Å². The second-order valence-electron chi connectivity index (χ2n) is 3.48. The molecule has 84 valence electrons. The van der Waals surface area contributed by atoms with E-state index in [4.69, 9.17) is 14.9 Å². The summed E-state index contributed by atoms with van der Waals surface area (Å²) in [5.41, 5.74) is 6.60. The van der Waals surface area contributed by atoms with E-state index in [-0.39, 0.29) is 0 Å². The Bertz CT molecular complexity index is 305. The van der Waals surface area contributed by atoms with Crippen molar-refractivity contribution in [2.75, 3.05) is 6.61 Å². The number of unbranched alkanes of at least 4 members (excludes halogenated alkanes) is 1. The zero-order chi connectivity index (χ0) is 11.1. The molecule has 0 unspecified atom stereocenters. The highest BCUT2D eigenvalue weighted by Gasteiger charge is 2.05. The Hall–Kier alpha value is -1.06. The zero-order valence-electron chi connectivity index (χ0n) is 9.29. The minimum absolute atomic E-state index is 0.520. The molecule has 0 radical (unpaired) electrons. The molecule has 0 saturated carbocycles. The van der Waals surface area contributed by atoms with Gasteiger partial charge in [0.1, 0.15) is 18.1 Å². The average Bonchev–Trinajstić information content (AvgIpc) is 2.59. The lowest BCUT2D eigenvalue weighted by atomic mass is 10.2. The third-order valence-corrected chi connectivity index (χ3v) is 2.23. The van der Waals surface area contributed by atoms with Gasteiger partial charge in [-0.15, -0.1) is 6.58 Å². The quantitative estimate of drug-likeness (QED) is 0.554. The highest BCUT2D eigenvalue weighted by Crippen LogP contribution is 2.14. The number of nitrogens with two attached hydrogens (primary N) is 1. The van der Waals surface area contributed by atoms with Crippen LogP contribution in [0.2, 0.25) is 0 Å². The van der Waals surface area contributed by atoms with Crippen molar-refractivity contribution in [3.05, 3.63) is 35.8 Å². The van der Waals surface area contributed by atoms with Gasteiger partial charge in [0, 0.05) is 18.7 Å². The first-order chi connectivity index (χ1) is 7.27. The van der Waals surface area contributed by atoms with E-state index >= 15 is 0 Å². The number of aryl methyl sites for hydroxylation is 1. The van der Waals surface area contributed by atoms with Crippen LogP contribution < -0.4 is 5.73 Å². The Morgan fingerprint density at radius 1 is 1.60 bits per heavy atom. The van der Waals surface area contributed by atoms with E-state index in [1.54, 1.807) is 0 Å². The molecule has 0 amide bonds. The average molecular weight is 209 g/mol. The molecule has 3 heteroatoms. The molecule has 2 N–H and O–H groups in total. The lowest BCUT2D eigenvalue weighted by Crippen LogP contribution is -1.95. The Balaban J connectivity index is 2.28. The molecule has 15 heavy (non-hydrogen) atoms. The first kappa shape index (κ1) is 12.0. The molecule has 0 fully saturated rings. The smallest absolute Gasteiger partial charge is 0.130 e. The summed E-state index contributed by atoms with van der Waals surface area (Å²) in [4.78, 5) is 0. The molecule has 0 atom stereocenters. The molecule has 1 heterocycles. The summed E-state index contributed by atoms with van der Waals surface area (Å²) in [6, 6.07) is 1.96. The van der Waals surface area contributed by atoms with Crippen LogP contribution in [0, 0.1) is 6.92 Å². The second-order valence-corrected chi connectivity index (χ2v) is 3.48. The van der Waals surface area contributed by atoms with Gasteiger partial charge < -0.3 is 14.9 Å². The predicted octanol–water partition coefficient (Wildman–Crippen LogP) is 2.53. The fourth-order valence-corrected chi connectivity index (χ4v) is 1.36. The number of rotatable bonds is 7. The van der Waals surface area contributed by atoms with Gasteiger partial charge in [-0.1, -0.05) is 6.08 Å². The van der Waals surface area contributed by atoms with Crippen LogP contribution in [0.1, 0.15) is 29.9 Å². The molecule has 0 aromatic carbocycles. The molecule has 0 spiro atoms. The minimum Gasteiger partial charge on any atom is -0.464 e. The van der Waals surface area contributed by atoms with Crippen LogP contribution in [0.25, 0.3) is 0 Å². The van der Waals surface area contributed by atoms with Crippen LogP contribution in [-0.4, -0.2) is 6.61 Å². The highest BCUT2D eigenvalue weighted by atomic mass is 16.5. The molecular formula is C12H19NO2. The topological polar surface area (TPSA) is 48.4 Å². The number of hydrogen-bond donors (Lipinski definition) is 1. The van der Waals surface area contributed by atoms with E-state index < -0.39 is 0 Å². The number of ether oxygens (including phenoxy) is 1. The van der Waals surface area contributed by atoms with Crippen molar-refractivity contribution in [3.8, 4) is 0 Å². The summed E-state index contributed by atoms with van der Waals surface area (Å²) in [7, 11) is 0. The Morgan fingerprint density at radius 2 is 2.40 bits per heavy atom. The van der Waals surface area contributed by atoms with Crippen LogP contribution in [0.3, 0.4) is 0 Å². The third-order valence-electron chi connectivity index (χ3n) is 2.23. The summed E-state index contributed by atoms with van der Waals surface area (Å²) in [6.07, 6.45) is 3.89. The van der Waals surface area contributed by atoms with E-state index in [9.17, 15) is 0 Å². The summed E-state index contributed by atoms with van der Waals surface area (Å²) >= 11 is 0. The van der Waals surface area contributed by atoms with E-state index in [0.29, 0.717) is 13.2 Å². The maximum absolute atomic E-state index is 5.55. The van der Waals surface area contributed by atoms with Crippen molar-refractivity contribution in [1.29, 1.82) is 0 Å². The summed E-state index contributed by atoms with van der Waals surface area (Å²) in [5, 5.41) is 0. The van der Waals surface area contributed by atoms with Crippen LogP contribution in [0.5, 0.6) is 0 Å². The van der Waals surface area contributed by atoms with Gasteiger partial charge in [-0.25, -0.2) is 0 Å². The van der Waals surface area contributed by atoms with Crippen molar-refractivity contribution in [2.45, 2.75) is 32.9 Å². The maximum Gasteiger partial charge on any atom is 0.130 e. The van der Waals surface area contributed by atoms with Crippen LogP contribution in [-0.2, 0) is 17.9 Å². The highest BCUT2D eigenvalue weighted by molar-refractivity contribution is 5.19. The Morgan fingerprint density at radius 3 is 3.00 bits per heavy atom. The van der Waals surface area contributed by atoms with Gasteiger partial charge in [0.25, 0.3) is 0 Å². The second kappa shape index (κ2) is 6.43. The first-order valence-corrected chi connectivity index (χ1v) is 5.24. The van der Waals surface area contributed by atoms with E-state index in [1.165, 1.54) is 0 Å². The van der Waals surface area contributed by atoms with Crippen LogP contribution >= 0.6 is 0 Å². The zero-order valence-corrected chi connectivity index (χ0v) is 9.29. The van der Waals surface area contributed by atoms with E-state index in [1.807, 2.05) is 19.1 Å². The largest absolute Gasteiger partial charge is 0.464 e. The van der Waals surface area contributed by atoms with Gasteiger partial charge in [-0.3, -0.25) is 0 Å². The Kier molecular flexibility index (Phi) is 5.15. The van der Waals surface area contributed by atoms with Gasteiger partial charge in [0.15, 0.2) is 0 Å². The molecule has 3 nitrogen and oxygen atoms in total. The van der Waals surface area contributed by atoms with Gasteiger partial charge in [0.05, 0.1) is 0 Å². The summed E-state index contributed by atoms with van der Waals surface area (Å²) < 4.78 is 10.9. The molecule has 0 saturated heterocycles. The fourth-order valence-electron chi connectivity index (χ4n) is 1.36. The SMILES string of the molecule is C=CCCCOCc1cc(CN)c(C)o1. The minimum atomic E-state index is 0.520. The van der Waals surface area contributed by atoms with E-state index in [0.717, 1.165) is 36.5 Å². The number of furan rings is 1. The van der Waals surface area contributed by atoms with Gasteiger partial charge in [0.2, 0.25) is 0 Å². The van der Waals surface area contributed by atoms with Crippen molar-refractivity contribution in [3.63, 3.8) is 0 Å². The Labute approximate surface area is 90.9 Å². The maximum atomic E-state index is 5.55. The molecule has 1 aromatic rings. The van der Waals surface area contributed by atoms with Crippen molar-refractivity contribution >= 4 is 0 Å². The number of allylic oxidation sites excluding steroid dienone is 1. The van der Waals surface area contributed by atoms with Crippen LogP contribution in [0.15, 0.2) is 23.1 Å². The molecular weight excluding hydrogens is 190 g/mol. The lowest BCUT2D eigenvalue weighted by Gasteiger charge is -1.99. The molecule has 0 aliphatic carbocycles. The summed E-state index contributed by atoms with van der Waals surface area (Å²) in [6.45, 7) is 7.36. The molecule has 0 aliphatic rings. The number of hydrogen-bond acceptors (Lipinski definition) is 3. The molecule has 1 aromatic heterocycles. The standard InChI is InChI=1S/C12H19NO2/c1-3-4-5-6-14-9-12-7-11(8-13)10(2)15-12/h3,7H,1,4-6,8-9,13H2,2H3. The lowest BCUT2D eigenvalue weighted by molar-refractivity contribution is 0.104. The van der Waals surface area contributed by atoms with Crippen molar-refractivity contribution in [1.82, 2.24) is 0 Å². The van der Waals surface area contributed by atoms with Crippen LogP contribution in [0.4, 0.5) is 0 Å². The fraction of sp³-hybridized carbons (Fsp3) is 0.500. The monoisotopic (exact) mass is 209 g/mol. The van der Waals surface area contributed by atoms with Gasteiger partial charge in [-0.2, -0.15) is 0 Å². The third kappa shape index (κ3) is 3.90. The van der Waals surface area contributed by atoms with Crippen molar-refractivity contribution < 1.29 is 9.15 Å². The molecule has 0 bridgehead atoms. The predicted molar refractivity (Wildman–Crippen MR) is 60.4 cm³/mol.